The maximum Gasteiger partial charge on any atom is 0.275 e. The van der Waals surface area contributed by atoms with Crippen LogP contribution in [0, 0.1) is 17.0 Å². The molecule has 0 aliphatic rings. The number of sulfone groups is 1. The van der Waals surface area contributed by atoms with E-state index in [2.05, 4.69) is 15.0 Å². The topological polar surface area (TPSA) is 119 Å². The standard InChI is InChI=1S/C14H12N4O4S/c1-9-12(15-7-6-13(9)18(19)20)8-23(21,22)14-16-10-4-2-3-5-11(10)17-14/h2-7H,8H2,1H3,(H,16,17). The fourth-order valence-electron chi connectivity index (χ4n) is 2.24. The Labute approximate surface area is 131 Å². The normalized spacial score (nSPS) is 11.7. The second kappa shape index (κ2) is 5.43. The number of para-hydroxylation sites is 2. The lowest BCUT2D eigenvalue weighted by Crippen LogP contribution is -2.10. The first-order valence-corrected chi connectivity index (χ1v) is 8.30. The van der Waals surface area contributed by atoms with Crippen molar-refractivity contribution < 1.29 is 13.3 Å². The van der Waals surface area contributed by atoms with Gasteiger partial charge < -0.3 is 4.98 Å². The van der Waals surface area contributed by atoms with E-state index in [1.165, 1.54) is 19.2 Å². The lowest BCUT2D eigenvalue weighted by atomic mass is 10.2. The van der Waals surface area contributed by atoms with Crippen LogP contribution in [0.25, 0.3) is 11.0 Å². The van der Waals surface area contributed by atoms with Gasteiger partial charge in [0.25, 0.3) is 5.69 Å². The number of nitrogens with zero attached hydrogens (tertiary/aromatic N) is 3. The minimum absolute atomic E-state index is 0.139. The van der Waals surface area contributed by atoms with E-state index in [-0.39, 0.29) is 22.1 Å². The fourth-order valence-corrected chi connectivity index (χ4v) is 3.53. The summed E-state index contributed by atoms with van der Waals surface area (Å²) in [6.45, 7) is 1.48. The molecule has 3 rings (SSSR count). The lowest BCUT2D eigenvalue weighted by molar-refractivity contribution is -0.385. The second-order valence-corrected chi connectivity index (χ2v) is 6.88. The van der Waals surface area contributed by atoms with Crippen molar-refractivity contribution in [3.8, 4) is 0 Å². The van der Waals surface area contributed by atoms with E-state index in [1.807, 2.05) is 0 Å². The molecule has 2 heterocycles. The van der Waals surface area contributed by atoms with Gasteiger partial charge in [-0.25, -0.2) is 13.4 Å². The predicted molar refractivity (Wildman–Crippen MR) is 82.6 cm³/mol. The van der Waals surface area contributed by atoms with Crippen LogP contribution in [0.4, 0.5) is 5.69 Å². The zero-order valence-electron chi connectivity index (χ0n) is 12.1. The van der Waals surface area contributed by atoms with Crippen LogP contribution in [0.15, 0.2) is 41.7 Å². The summed E-state index contributed by atoms with van der Waals surface area (Å²) in [5, 5.41) is 10.8. The van der Waals surface area contributed by atoms with Crippen LogP contribution in [0.1, 0.15) is 11.3 Å². The summed E-state index contributed by atoms with van der Waals surface area (Å²) >= 11 is 0. The average Bonchev–Trinajstić information content (AvgIpc) is 2.94. The molecule has 0 fully saturated rings. The third-order valence-corrected chi connectivity index (χ3v) is 4.90. The maximum absolute atomic E-state index is 12.5. The van der Waals surface area contributed by atoms with E-state index in [9.17, 15) is 18.5 Å². The summed E-state index contributed by atoms with van der Waals surface area (Å²) in [5.41, 5.74) is 1.36. The van der Waals surface area contributed by atoms with Gasteiger partial charge in [0, 0.05) is 17.8 Å². The van der Waals surface area contributed by atoms with Crippen molar-refractivity contribution in [2.45, 2.75) is 17.8 Å². The average molecular weight is 332 g/mol. The molecular formula is C14H12N4O4S. The Hall–Kier alpha value is -2.81. The molecule has 0 spiro atoms. The minimum atomic E-state index is -3.79. The minimum Gasteiger partial charge on any atom is -0.329 e. The van der Waals surface area contributed by atoms with Gasteiger partial charge in [-0.05, 0) is 19.1 Å². The maximum atomic E-state index is 12.5. The van der Waals surface area contributed by atoms with E-state index >= 15 is 0 Å². The molecule has 0 saturated carbocycles. The molecule has 9 heteroatoms. The summed E-state index contributed by atoms with van der Waals surface area (Å²) < 4.78 is 25.0. The van der Waals surface area contributed by atoms with Crippen LogP contribution >= 0.6 is 0 Å². The molecule has 2 aromatic heterocycles. The number of rotatable bonds is 4. The van der Waals surface area contributed by atoms with Crippen molar-refractivity contribution in [2.24, 2.45) is 0 Å². The van der Waals surface area contributed by atoms with E-state index in [0.717, 1.165) is 0 Å². The number of fused-ring (bicyclic) bond motifs is 1. The molecule has 0 radical (unpaired) electrons. The molecule has 8 nitrogen and oxygen atoms in total. The molecule has 0 bridgehead atoms. The van der Waals surface area contributed by atoms with Gasteiger partial charge in [0.1, 0.15) is 5.75 Å². The molecule has 0 unspecified atom stereocenters. The molecule has 0 aliphatic heterocycles. The number of nitro groups is 1. The first-order valence-electron chi connectivity index (χ1n) is 6.65. The number of aromatic amines is 1. The Morgan fingerprint density at radius 1 is 1.26 bits per heavy atom. The summed E-state index contributed by atoms with van der Waals surface area (Å²) in [6, 6.07) is 8.18. The van der Waals surface area contributed by atoms with Gasteiger partial charge in [-0.2, -0.15) is 0 Å². The van der Waals surface area contributed by atoms with Crippen molar-refractivity contribution >= 4 is 26.6 Å². The lowest BCUT2D eigenvalue weighted by Gasteiger charge is -2.05. The van der Waals surface area contributed by atoms with Gasteiger partial charge in [-0.3, -0.25) is 15.1 Å². The number of H-pyrrole nitrogens is 1. The zero-order valence-corrected chi connectivity index (χ0v) is 12.9. The first kappa shape index (κ1) is 15.1. The van der Waals surface area contributed by atoms with Crippen molar-refractivity contribution in [1.29, 1.82) is 0 Å². The quantitative estimate of drug-likeness (QED) is 0.577. The van der Waals surface area contributed by atoms with Gasteiger partial charge in [0.05, 0.1) is 21.7 Å². The van der Waals surface area contributed by atoms with E-state index in [1.54, 1.807) is 24.3 Å². The SMILES string of the molecule is Cc1c([N+](=O)[O-])ccnc1CS(=O)(=O)c1nc2ccccc2[nH]1. The van der Waals surface area contributed by atoms with Crippen LogP contribution in [0.2, 0.25) is 0 Å². The highest BCUT2D eigenvalue weighted by molar-refractivity contribution is 7.90. The van der Waals surface area contributed by atoms with E-state index in [0.29, 0.717) is 11.0 Å². The van der Waals surface area contributed by atoms with Gasteiger partial charge in [0.2, 0.25) is 15.0 Å². The summed E-state index contributed by atoms with van der Waals surface area (Å²) in [6.07, 6.45) is 1.23. The van der Waals surface area contributed by atoms with Crippen LogP contribution in [0.3, 0.4) is 0 Å². The summed E-state index contributed by atoms with van der Waals surface area (Å²) in [5.74, 6) is -0.458. The molecule has 3 aromatic rings. The fraction of sp³-hybridized carbons (Fsp3) is 0.143. The van der Waals surface area contributed by atoms with Crippen molar-refractivity contribution in [1.82, 2.24) is 15.0 Å². The van der Waals surface area contributed by atoms with Crippen molar-refractivity contribution in [3.05, 3.63) is 57.9 Å². The highest BCUT2D eigenvalue weighted by Gasteiger charge is 2.24. The summed E-state index contributed by atoms with van der Waals surface area (Å²) in [7, 11) is -3.79. The molecule has 0 atom stereocenters. The number of benzene rings is 1. The van der Waals surface area contributed by atoms with Gasteiger partial charge in [-0.15, -0.1) is 0 Å². The molecular weight excluding hydrogens is 320 g/mol. The van der Waals surface area contributed by atoms with Gasteiger partial charge >= 0.3 is 0 Å². The third-order valence-electron chi connectivity index (χ3n) is 3.47. The largest absolute Gasteiger partial charge is 0.329 e. The Kier molecular flexibility index (Phi) is 3.57. The smallest absolute Gasteiger partial charge is 0.275 e. The van der Waals surface area contributed by atoms with Crippen molar-refractivity contribution in [3.63, 3.8) is 0 Å². The Balaban J connectivity index is 2.01. The van der Waals surface area contributed by atoms with Crippen LogP contribution < -0.4 is 0 Å². The second-order valence-electron chi connectivity index (χ2n) is 4.98. The monoisotopic (exact) mass is 332 g/mol. The number of aromatic nitrogens is 3. The Morgan fingerprint density at radius 2 is 2.00 bits per heavy atom. The number of hydrogen-bond acceptors (Lipinski definition) is 6. The van der Waals surface area contributed by atoms with Crippen LogP contribution in [-0.4, -0.2) is 28.3 Å². The highest BCUT2D eigenvalue weighted by Crippen LogP contribution is 2.23. The highest BCUT2D eigenvalue weighted by atomic mass is 32.2. The number of hydrogen-bond donors (Lipinski definition) is 1. The Bertz CT molecular complexity index is 978. The number of pyridine rings is 1. The molecule has 1 N–H and O–H groups in total. The van der Waals surface area contributed by atoms with Crippen molar-refractivity contribution in [2.75, 3.05) is 0 Å². The molecule has 1 aromatic carbocycles. The number of nitrogens with one attached hydrogen (secondary N) is 1. The van der Waals surface area contributed by atoms with E-state index < -0.39 is 20.5 Å². The third kappa shape index (κ3) is 2.78. The summed E-state index contributed by atoms with van der Waals surface area (Å²) in [4.78, 5) is 21.2. The molecule has 0 amide bonds. The molecule has 118 valence electrons. The molecule has 0 saturated heterocycles. The van der Waals surface area contributed by atoms with Gasteiger partial charge in [-0.1, -0.05) is 12.1 Å². The Morgan fingerprint density at radius 3 is 2.70 bits per heavy atom. The van der Waals surface area contributed by atoms with Gasteiger partial charge in [0.15, 0.2) is 0 Å². The zero-order chi connectivity index (χ0) is 16.6. The van der Waals surface area contributed by atoms with Crippen LogP contribution in [-0.2, 0) is 15.6 Å². The van der Waals surface area contributed by atoms with Crippen LogP contribution in [0.5, 0.6) is 0 Å². The molecule has 23 heavy (non-hydrogen) atoms. The number of imidazole rings is 1. The first-order chi connectivity index (χ1) is 10.9. The predicted octanol–water partition coefficient (Wildman–Crippen LogP) is 2.15. The van der Waals surface area contributed by atoms with E-state index in [4.69, 9.17) is 0 Å². The molecule has 0 aliphatic carbocycles.